The highest BCUT2D eigenvalue weighted by Crippen LogP contribution is 2.26. The van der Waals surface area contributed by atoms with Gasteiger partial charge in [-0.15, -0.1) is 0 Å². The van der Waals surface area contributed by atoms with Crippen LogP contribution in [0.1, 0.15) is 28.1 Å². The first-order valence-electron chi connectivity index (χ1n) is 12.1. The first-order valence-corrected chi connectivity index (χ1v) is 12.1. The van der Waals surface area contributed by atoms with Crippen molar-refractivity contribution < 1.29 is 33.5 Å². The number of nitrogens with zero attached hydrogens (tertiary/aromatic N) is 1. The number of methoxy groups -OCH3 is 1. The summed E-state index contributed by atoms with van der Waals surface area (Å²) in [5.74, 6) is -0.511. The number of anilines is 2. The average molecular weight is 538 g/mol. The van der Waals surface area contributed by atoms with E-state index in [1.54, 1.807) is 31.2 Å². The van der Waals surface area contributed by atoms with Gasteiger partial charge in [-0.25, -0.2) is 9.59 Å². The maximum Gasteiger partial charge on any atom is 0.326 e. The van der Waals surface area contributed by atoms with Crippen molar-refractivity contribution in [2.45, 2.75) is 39.3 Å². The molecule has 5 N–H and O–H groups in total. The number of carbonyl (C=O) groups excluding carboxylic acids is 3. The molecule has 12 nitrogen and oxygen atoms in total. The fourth-order valence-corrected chi connectivity index (χ4v) is 3.80. The van der Waals surface area contributed by atoms with Gasteiger partial charge in [0.1, 0.15) is 23.2 Å². The topological polar surface area (TPSA) is 172 Å². The van der Waals surface area contributed by atoms with Gasteiger partial charge in [-0.2, -0.15) is 0 Å². The standard InChI is InChI=1S/C27H31N5O7/c1-16-6-4-5-7-20(16)30-27(37)31-21-9-8-18(11-25(21)38-3)10-19(34)13-28-14-23-17(2)24(39-32-23)12-22(26(35)36)29-15-33/h4-9,11,15,22,28H,10,12-14H2,1-3H3,(H,29,33)(H,35,36)(H2,30,31,37). The Kier molecular flexibility index (Phi) is 10.2. The van der Waals surface area contributed by atoms with Gasteiger partial charge in [0.15, 0.2) is 5.78 Å². The molecular weight excluding hydrogens is 506 g/mol. The van der Waals surface area contributed by atoms with Crippen LogP contribution in [0.2, 0.25) is 0 Å². The summed E-state index contributed by atoms with van der Waals surface area (Å²) in [4.78, 5) is 46.8. The minimum atomic E-state index is -1.19. The quantitative estimate of drug-likeness (QED) is 0.194. The Labute approximate surface area is 225 Å². The van der Waals surface area contributed by atoms with Gasteiger partial charge in [-0.05, 0) is 43.2 Å². The highest BCUT2D eigenvalue weighted by molar-refractivity contribution is 6.01. The number of carboxylic acids is 1. The van der Waals surface area contributed by atoms with Gasteiger partial charge in [0.2, 0.25) is 6.41 Å². The highest BCUT2D eigenvalue weighted by atomic mass is 16.5. The van der Waals surface area contributed by atoms with E-state index in [4.69, 9.17) is 9.26 Å². The Morgan fingerprint density at radius 2 is 1.85 bits per heavy atom. The molecule has 3 rings (SSSR count). The second-order valence-corrected chi connectivity index (χ2v) is 8.80. The summed E-state index contributed by atoms with van der Waals surface area (Å²) in [6.07, 6.45) is 0.410. The lowest BCUT2D eigenvalue weighted by Gasteiger charge is -2.13. The van der Waals surface area contributed by atoms with Crippen molar-refractivity contribution in [3.63, 3.8) is 0 Å². The van der Waals surface area contributed by atoms with Crippen LogP contribution >= 0.6 is 0 Å². The van der Waals surface area contributed by atoms with Crippen molar-refractivity contribution in [2.24, 2.45) is 0 Å². The van der Waals surface area contributed by atoms with E-state index in [2.05, 4.69) is 26.4 Å². The van der Waals surface area contributed by atoms with E-state index in [9.17, 15) is 24.3 Å². The number of para-hydroxylation sites is 1. The Morgan fingerprint density at radius 1 is 1.10 bits per heavy atom. The number of nitrogens with one attached hydrogen (secondary N) is 4. The summed E-state index contributed by atoms with van der Waals surface area (Å²) in [6.45, 7) is 3.93. The van der Waals surface area contributed by atoms with Crippen LogP contribution < -0.4 is 26.0 Å². The predicted molar refractivity (Wildman–Crippen MR) is 143 cm³/mol. The Morgan fingerprint density at radius 3 is 2.54 bits per heavy atom. The third-order valence-corrected chi connectivity index (χ3v) is 6.00. The maximum absolute atomic E-state index is 12.5. The lowest BCUT2D eigenvalue weighted by molar-refractivity contribution is -0.140. The maximum atomic E-state index is 12.5. The molecule has 1 unspecified atom stereocenters. The van der Waals surface area contributed by atoms with Crippen molar-refractivity contribution >= 4 is 35.6 Å². The Hall–Kier alpha value is -4.71. The molecule has 39 heavy (non-hydrogen) atoms. The SMILES string of the molecule is COc1cc(CC(=O)CNCc2noc(CC(NC=O)C(=O)O)c2C)ccc1NC(=O)Nc1ccccc1C. The van der Waals surface area contributed by atoms with Crippen LogP contribution in [-0.2, 0) is 33.8 Å². The molecule has 1 heterocycles. The van der Waals surface area contributed by atoms with Gasteiger partial charge in [0, 0.05) is 30.6 Å². The molecule has 3 aromatic rings. The second kappa shape index (κ2) is 13.7. The van der Waals surface area contributed by atoms with Gasteiger partial charge in [0.05, 0.1) is 19.3 Å². The van der Waals surface area contributed by atoms with E-state index in [1.807, 2.05) is 25.1 Å². The van der Waals surface area contributed by atoms with Crippen LogP contribution in [0.3, 0.4) is 0 Å². The largest absolute Gasteiger partial charge is 0.495 e. The number of aryl methyl sites for hydroxylation is 1. The number of carbonyl (C=O) groups is 4. The van der Waals surface area contributed by atoms with E-state index in [0.717, 1.165) is 5.56 Å². The molecule has 0 fully saturated rings. The van der Waals surface area contributed by atoms with E-state index < -0.39 is 18.0 Å². The second-order valence-electron chi connectivity index (χ2n) is 8.80. The van der Waals surface area contributed by atoms with Crippen molar-refractivity contribution in [1.29, 1.82) is 0 Å². The van der Waals surface area contributed by atoms with E-state index in [-0.39, 0.29) is 31.7 Å². The van der Waals surface area contributed by atoms with E-state index >= 15 is 0 Å². The van der Waals surface area contributed by atoms with Crippen molar-refractivity contribution in [3.05, 3.63) is 70.6 Å². The van der Waals surface area contributed by atoms with Crippen molar-refractivity contribution in [2.75, 3.05) is 24.3 Å². The average Bonchev–Trinajstić information content (AvgIpc) is 3.24. The zero-order chi connectivity index (χ0) is 28.4. The predicted octanol–water partition coefficient (Wildman–Crippen LogP) is 2.59. The van der Waals surface area contributed by atoms with Crippen LogP contribution in [-0.4, -0.2) is 54.2 Å². The normalized spacial score (nSPS) is 11.4. The molecule has 206 valence electrons. The fraction of sp³-hybridized carbons (Fsp3) is 0.296. The number of rotatable bonds is 14. The lowest BCUT2D eigenvalue weighted by Crippen LogP contribution is -2.37. The molecule has 1 aromatic heterocycles. The monoisotopic (exact) mass is 537 g/mol. The molecule has 0 bridgehead atoms. The fourth-order valence-electron chi connectivity index (χ4n) is 3.80. The Bertz CT molecular complexity index is 1340. The zero-order valence-corrected chi connectivity index (χ0v) is 21.9. The van der Waals surface area contributed by atoms with Gasteiger partial charge in [0.25, 0.3) is 0 Å². The van der Waals surface area contributed by atoms with Crippen LogP contribution in [0, 0.1) is 13.8 Å². The molecule has 0 aliphatic heterocycles. The number of Topliss-reactive ketones (excluding diaryl/α,β-unsaturated/α-hetero) is 1. The number of hydrogen-bond donors (Lipinski definition) is 5. The number of ketones is 1. The molecule has 0 aliphatic rings. The summed E-state index contributed by atoms with van der Waals surface area (Å²) in [5.41, 5.74) is 3.98. The number of amides is 3. The molecule has 0 saturated carbocycles. The first kappa shape index (κ1) is 28.9. The van der Waals surface area contributed by atoms with Gasteiger partial charge >= 0.3 is 12.0 Å². The molecular formula is C27H31N5O7. The molecule has 3 amide bonds. The summed E-state index contributed by atoms with van der Waals surface area (Å²) < 4.78 is 10.6. The molecule has 0 spiro atoms. The number of urea groups is 1. The summed E-state index contributed by atoms with van der Waals surface area (Å²) in [7, 11) is 1.48. The molecule has 0 saturated heterocycles. The van der Waals surface area contributed by atoms with Crippen LogP contribution in [0.15, 0.2) is 47.0 Å². The number of aromatic nitrogens is 1. The molecule has 0 radical (unpaired) electrons. The molecule has 0 aliphatic carbocycles. The summed E-state index contributed by atoms with van der Waals surface area (Å²) in [5, 5.41) is 23.9. The number of hydrogen-bond acceptors (Lipinski definition) is 8. The Balaban J connectivity index is 1.51. The minimum absolute atomic E-state index is 0.0495. The number of ether oxygens (including phenoxy) is 1. The first-order chi connectivity index (χ1) is 18.7. The number of carboxylic acid groups (broad SMARTS) is 1. The molecule has 12 heteroatoms. The molecule has 2 aromatic carbocycles. The number of benzene rings is 2. The minimum Gasteiger partial charge on any atom is -0.495 e. The lowest BCUT2D eigenvalue weighted by atomic mass is 10.1. The number of aliphatic carboxylic acids is 1. The molecule has 1 atom stereocenters. The zero-order valence-electron chi connectivity index (χ0n) is 21.9. The van der Waals surface area contributed by atoms with Crippen LogP contribution in [0.4, 0.5) is 16.2 Å². The van der Waals surface area contributed by atoms with Gasteiger partial charge in [-0.3, -0.25) is 9.59 Å². The summed E-state index contributed by atoms with van der Waals surface area (Å²) >= 11 is 0. The van der Waals surface area contributed by atoms with Gasteiger partial charge < -0.3 is 35.6 Å². The van der Waals surface area contributed by atoms with Crippen LogP contribution in [0.5, 0.6) is 5.75 Å². The van der Waals surface area contributed by atoms with Crippen molar-refractivity contribution in [1.82, 2.24) is 15.8 Å². The smallest absolute Gasteiger partial charge is 0.326 e. The van der Waals surface area contributed by atoms with E-state index in [0.29, 0.717) is 46.1 Å². The van der Waals surface area contributed by atoms with Gasteiger partial charge in [-0.1, -0.05) is 29.4 Å². The third-order valence-electron chi connectivity index (χ3n) is 6.00. The third kappa shape index (κ3) is 8.14. The van der Waals surface area contributed by atoms with E-state index in [1.165, 1.54) is 7.11 Å². The highest BCUT2D eigenvalue weighted by Gasteiger charge is 2.22. The van der Waals surface area contributed by atoms with Crippen molar-refractivity contribution in [3.8, 4) is 5.75 Å². The van der Waals surface area contributed by atoms with Crippen LogP contribution in [0.25, 0.3) is 0 Å². The summed E-state index contributed by atoms with van der Waals surface area (Å²) in [6, 6.07) is 11.0.